The highest BCUT2D eigenvalue weighted by Gasteiger charge is 2.65. The van der Waals surface area contributed by atoms with Crippen LogP contribution in [0, 0.1) is 40.9 Å². The largest absolute Gasteiger partial charge is 0.0651 e. The van der Waals surface area contributed by atoms with E-state index in [0.29, 0.717) is 0 Å². The molecule has 0 amide bonds. The summed E-state index contributed by atoms with van der Waals surface area (Å²) < 4.78 is 0. The summed E-state index contributed by atoms with van der Waals surface area (Å²) in [4.78, 5) is 0. The van der Waals surface area contributed by atoms with Crippen LogP contribution in [0.15, 0.2) is 0 Å². The van der Waals surface area contributed by atoms with Gasteiger partial charge in [-0.25, -0.2) is 0 Å². The molecule has 0 aromatic rings. The van der Waals surface area contributed by atoms with Crippen LogP contribution in [0.2, 0.25) is 0 Å². The molecular formula is C18H32. The van der Waals surface area contributed by atoms with E-state index in [9.17, 15) is 0 Å². The Balaban J connectivity index is 1.69. The van der Waals surface area contributed by atoms with Crippen LogP contribution in [0.25, 0.3) is 0 Å². The van der Waals surface area contributed by atoms with Crippen molar-refractivity contribution in [2.45, 2.75) is 72.6 Å². The molecule has 3 saturated carbocycles. The van der Waals surface area contributed by atoms with Gasteiger partial charge in [-0.15, -0.1) is 0 Å². The predicted octanol–water partition coefficient (Wildman–Crippen LogP) is 5.52. The molecule has 0 nitrogen and oxygen atoms in total. The van der Waals surface area contributed by atoms with Crippen molar-refractivity contribution in [1.82, 2.24) is 0 Å². The third-order valence-corrected chi connectivity index (χ3v) is 7.35. The summed E-state index contributed by atoms with van der Waals surface area (Å²) in [5.74, 6) is 6.25. The summed E-state index contributed by atoms with van der Waals surface area (Å²) in [5, 5.41) is 0. The highest BCUT2D eigenvalue weighted by atomic mass is 14.7. The van der Waals surface area contributed by atoms with Crippen molar-refractivity contribution in [2.75, 3.05) is 0 Å². The summed E-state index contributed by atoms with van der Waals surface area (Å²) in [6.07, 6.45) is 10.7. The zero-order valence-electron chi connectivity index (χ0n) is 12.9. The summed E-state index contributed by atoms with van der Waals surface area (Å²) in [5.41, 5.74) is 0.843. The molecular weight excluding hydrogens is 216 g/mol. The van der Waals surface area contributed by atoms with E-state index in [0.717, 1.165) is 40.9 Å². The minimum Gasteiger partial charge on any atom is -0.0651 e. The lowest BCUT2D eigenvalue weighted by Gasteiger charge is -2.36. The molecule has 18 heavy (non-hydrogen) atoms. The first-order valence-corrected chi connectivity index (χ1v) is 8.58. The van der Waals surface area contributed by atoms with Crippen molar-refractivity contribution in [3.8, 4) is 0 Å². The second-order valence-corrected chi connectivity index (χ2v) is 8.10. The molecule has 0 aromatic carbocycles. The quantitative estimate of drug-likeness (QED) is 0.614. The number of hydrogen-bond donors (Lipinski definition) is 0. The molecule has 3 rings (SSSR count). The minimum absolute atomic E-state index is 0.843. The van der Waals surface area contributed by atoms with Gasteiger partial charge in [0.15, 0.2) is 0 Å². The summed E-state index contributed by atoms with van der Waals surface area (Å²) in [7, 11) is 0. The van der Waals surface area contributed by atoms with Gasteiger partial charge < -0.3 is 0 Å². The van der Waals surface area contributed by atoms with Crippen LogP contribution >= 0.6 is 0 Å². The molecule has 7 atom stereocenters. The van der Waals surface area contributed by atoms with E-state index in [2.05, 4.69) is 27.7 Å². The van der Waals surface area contributed by atoms with Crippen molar-refractivity contribution in [3.63, 3.8) is 0 Å². The van der Waals surface area contributed by atoms with E-state index in [1.165, 1.54) is 12.8 Å². The molecule has 0 saturated heterocycles. The van der Waals surface area contributed by atoms with Crippen molar-refractivity contribution in [3.05, 3.63) is 0 Å². The van der Waals surface area contributed by atoms with Crippen LogP contribution in [0.1, 0.15) is 72.6 Å². The Bertz CT molecular complexity index is 307. The maximum atomic E-state index is 2.62. The fraction of sp³-hybridized carbons (Fsp3) is 1.00. The predicted molar refractivity (Wildman–Crippen MR) is 78.4 cm³/mol. The molecule has 3 aliphatic rings. The third-order valence-electron chi connectivity index (χ3n) is 7.35. The van der Waals surface area contributed by atoms with Crippen molar-refractivity contribution >= 4 is 0 Å². The Morgan fingerprint density at radius 1 is 1.17 bits per heavy atom. The van der Waals surface area contributed by atoms with E-state index in [1.807, 2.05) is 0 Å². The minimum atomic E-state index is 0.843. The molecule has 3 aliphatic carbocycles. The van der Waals surface area contributed by atoms with Crippen molar-refractivity contribution in [2.24, 2.45) is 40.9 Å². The normalized spacial score (nSPS) is 49.3. The average molecular weight is 248 g/mol. The van der Waals surface area contributed by atoms with Gasteiger partial charge in [0.05, 0.1) is 0 Å². The molecule has 0 aromatic heterocycles. The summed E-state index contributed by atoms with van der Waals surface area (Å²) in [6, 6.07) is 0. The molecule has 3 fully saturated rings. The SMILES string of the molecule is CCC(C)CC(C)C1CCC2CCC3(CC23)C1C. The topological polar surface area (TPSA) is 0 Å². The number of hydrogen-bond acceptors (Lipinski definition) is 0. The summed E-state index contributed by atoms with van der Waals surface area (Å²) in [6.45, 7) is 9.97. The van der Waals surface area contributed by atoms with Crippen LogP contribution in [-0.2, 0) is 0 Å². The first kappa shape index (κ1) is 13.0. The Morgan fingerprint density at radius 3 is 2.61 bits per heavy atom. The zero-order chi connectivity index (χ0) is 12.9. The molecule has 0 heterocycles. The van der Waals surface area contributed by atoms with Crippen LogP contribution in [0.4, 0.5) is 0 Å². The highest BCUT2D eigenvalue weighted by Crippen LogP contribution is 2.74. The first-order valence-electron chi connectivity index (χ1n) is 8.58. The van der Waals surface area contributed by atoms with E-state index in [4.69, 9.17) is 0 Å². The van der Waals surface area contributed by atoms with Crippen LogP contribution < -0.4 is 0 Å². The van der Waals surface area contributed by atoms with Gasteiger partial charge in [0.1, 0.15) is 0 Å². The second kappa shape index (κ2) is 4.53. The highest BCUT2D eigenvalue weighted by molar-refractivity contribution is 5.14. The third kappa shape index (κ3) is 1.86. The monoisotopic (exact) mass is 248 g/mol. The standard InChI is InChI=1S/C18H32/c1-5-12(2)10-13(3)16-7-6-15-8-9-18(14(16)4)11-17(15)18/h12-17H,5-11H2,1-4H3. The van der Waals surface area contributed by atoms with Crippen molar-refractivity contribution in [1.29, 1.82) is 0 Å². The molecule has 0 spiro atoms. The second-order valence-electron chi connectivity index (χ2n) is 8.10. The zero-order valence-corrected chi connectivity index (χ0v) is 12.9. The molecule has 2 bridgehead atoms. The van der Waals surface area contributed by atoms with Gasteiger partial charge in [0, 0.05) is 0 Å². The average Bonchev–Trinajstić information content (AvgIpc) is 3.00. The summed E-state index contributed by atoms with van der Waals surface area (Å²) >= 11 is 0. The first-order chi connectivity index (χ1) is 8.58. The van der Waals surface area contributed by atoms with Crippen LogP contribution in [-0.4, -0.2) is 0 Å². The van der Waals surface area contributed by atoms with Gasteiger partial charge in [0.25, 0.3) is 0 Å². The van der Waals surface area contributed by atoms with Gasteiger partial charge in [0.2, 0.25) is 0 Å². The number of rotatable bonds is 4. The van der Waals surface area contributed by atoms with Gasteiger partial charge in [-0.3, -0.25) is 0 Å². The van der Waals surface area contributed by atoms with Crippen molar-refractivity contribution < 1.29 is 0 Å². The van der Waals surface area contributed by atoms with Gasteiger partial charge in [-0.2, -0.15) is 0 Å². The Kier molecular flexibility index (Phi) is 3.27. The lowest BCUT2D eigenvalue weighted by molar-refractivity contribution is 0.135. The molecule has 0 radical (unpaired) electrons. The Hall–Kier alpha value is 0. The lowest BCUT2D eigenvalue weighted by atomic mass is 9.69. The Morgan fingerprint density at radius 2 is 1.94 bits per heavy atom. The smallest absolute Gasteiger partial charge is 0.0235 e. The van der Waals surface area contributed by atoms with Gasteiger partial charge >= 0.3 is 0 Å². The van der Waals surface area contributed by atoms with E-state index in [-0.39, 0.29) is 0 Å². The molecule has 0 heteroatoms. The van der Waals surface area contributed by atoms with Gasteiger partial charge in [-0.1, -0.05) is 34.1 Å². The molecule has 7 unspecified atom stereocenters. The molecule has 104 valence electrons. The molecule has 0 N–H and O–H groups in total. The maximum absolute atomic E-state index is 2.62. The van der Waals surface area contributed by atoms with Gasteiger partial charge in [-0.05, 0) is 79.4 Å². The molecule has 0 aliphatic heterocycles. The van der Waals surface area contributed by atoms with E-state index >= 15 is 0 Å². The van der Waals surface area contributed by atoms with E-state index < -0.39 is 0 Å². The fourth-order valence-corrected chi connectivity index (χ4v) is 5.86. The van der Waals surface area contributed by atoms with E-state index in [1.54, 1.807) is 32.1 Å². The maximum Gasteiger partial charge on any atom is -0.0235 e. The van der Waals surface area contributed by atoms with Crippen LogP contribution in [0.3, 0.4) is 0 Å². The fourth-order valence-electron chi connectivity index (χ4n) is 5.86. The van der Waals surface area contributed by atoms with Crippen LogP contribution in [0.5, 0.6) is 0 Å². The lowest BCUT2D eigenvalue weighted by Crippen LogP contribution is -2.28. The Labute approximate surface area is 114 Å².